The van der Waals surface area contributed by atoms with E-state index in [1.807, 2.05) is 24.3 Å². The van der Waals surface area contributed by atoms with E-state index in [9.17, 15) is 8.42 Å². The first-order chi connectivity index (χ1) is 13.5. The Hall–Kier alpha value is -2.13. The Kier molecular flexibility index (Phi) is 6.90. The Bertz CT molecular complexity index is 878. The van der Waals surface area contributed by atoms with Crippen molar-refractivity contribution in [1.82, 2.24) is 9.62 Å². The highest BCUT2D eigenvalue weighted by atomic mass is 32.2. The first kappa shape index (κ1) is 20.6. The number of rotatable bonds is 8. The summed E-state index contributed by atoms with van der Waals surface area (Å²) in [6, 6.07) is 12.5. The van der Waals surface area contributed by atoms with Crippen molar-refractivity contribution in [3.63, 3.8) is 0 Å². The SMILES string of the molecule is COc1ccc(S(=O)(=O)NCc2ccc(CN3CCOCC3)cc2)cc1OC. The smallest absolute Gasteiger partial charge is 0.241 e. The van der Waals surface area contributed by atoms with Crippen molar-refractivity contribution in [3.05, 3.63) is 53.6 Å². The van der Waals surface area contributed by atoms with Crippen molar-refractivity contribution in [2.75, 3.05) is 40.5 Å². The minimum Gasteiger partial charge on any atom is -0.493 e. The van der Waals surface area contributed by atoms with Gasteiger partial charge in [0.2, 0.25) is 10.0 Å². The number of methoxy groups -OCH3 is 2. The van der Waals surface area contributed by atoms with Crippen LogP contribution in [0.5, 0.6) is 11.5 Å². The summed E-state index contributed by atoms with van der Waals surface area (Å²) >= 11 is 0. The molecule has 0 radical (unpaired) electrons. The third-order valence-electron chi connectivity index (χ3n) is 4.66. The maximum Gasteiger partial charge on any atom is 0.241 e. The van der Waals surface area contributed by atoms with Crippen LogP contribution in [-0.4, -0.2) is 53.8 Å². The molecule has 152 valence electrons. The number of sulfonamides is 1. The summed E-state index contributed by atoms with van der Waals surface area (Å²) < 4.78 is 43.5. The summed E-state index contributed by atoms with van der Waals surface area (Å²) in [5.41, 5.74) is 2.10. The zero-order valence-corrected chi connectivity index (χ0v) is 17.0. The minimum atomic E-state index is -3.66. The summed E-state index contributed by atoms with van der Waals surface area (Å²) in [5.74, 6) is 0.857. The third kappa shape index (κ3) is 5.23. The van der Waals surface area contributed by atoms with Crippen LogP contribution in [-0.2, 0) is 27.8 Å². The monoisotopic (exact) mass is 406 g/mol. The maximum absolute atomic E-state index is 12.6. The van der Waals surface area contributed by atoms with Gasteiger partial charge in [0.05, 0.1) is 32.3 Å². The largest absolute Gasteiger partial charge is 0.493 e. The number of nitrogens with zero attached hydrogens (tertiary/aromatic N) is 1. The molecule has 1 aliphatic rings. The fourth-order valence-corrected chi connectivity index (χ4v) is 4.06. The second-order valence-electron chi connectivity index (χ2n) is 6.55. The molecule has 0 atom stereocenters. The zero-order valence-electron chi connectivity index (χ0n) is 16.2. The first-order valence-corrected chi connectivity index (χ1v) is 10.6. The third-order valence-corrected chi connectivity index (χ3v) is 6.06. The highest BCUT2D eigenvalue weighted by Crippen LogP contribution is 2.29. The van der Waals surface area contributed by atoms with E-state index in [1.165, 1.54) is 31.9 Å². The maximum atomic E-state index is 12.6. The molecule has 1 aliphatic heterocycles. The van der Waals surface area contributed by atoms with Gasteiger partial charge < -0.3 is 14.2 Å². The van der Waals surface area contributed by atoms with Crippen LogP contribution in [0.2, 0.25) is 0 Å². The molecular weight excluding hydrogens is 380 g/mol. The second-order valence-corrected chi connectivity index (χ2v) is 8.31. The van der Waals surface area contributed by atoms with E-state index in [1.54, 1.807) is 6.07 Å². The molecule has 1 fully saturated rings. The summed E-state index contributed by atoms with van der Waals surface area (Å²) in [6.07, 6.45) is 0. The quantitative estimate of drug-likeness (QED) is 0.723. The summed E-state index contributed by atoms with van der Waals surface area (Å²) in [4.78, 5) is 2.48. The average Bonchev–Trinajstić information content (AvgIpc) is 2.73. The van der Waals surface area contributed by atoms with Crippen LogP contribution >= 0.6 is 0 Å². The van der Waals surface area contributed by atoms with Gasteiger partial charge in [-0.15, -0.1) is 0 Å². The Labute approximate surface area is 166 Å². The molecule has 0 spiro atoms. The Morgan fingerprint density at radius 2 is 1.61 bits per heavy atom. The normalized spacial score (nSPS) is 15.4. The fourth-order valence-electron chi connectivity index (χ4n) is 3.03. The van der Waals surface area contributed by atoms with Gasteiger partial charge in [-0.25, -0.2) is 13.1 Å². The van der Waals surface area contributed by atoms with E-state index in [2.05, 4.69) is 9.62 Å². The van der Waals surface area contributed by atoms with Gasteiger partial charge in [0.1, 0.15) is 0 Å². The van der Waals surface area contributed by atoms with Crippen LogP contribution in [0.3, 0.4) is 0 Å². The van der Waals surface area contributed by atoms with Crippen LogP contribution in [0.25, 0.3) is 0 Å². The van der Waals surface area contributed by atoms with Crippen molar-refractivity contribution >= 4 is 10.0 Å². The van der Waals surface area contributed by atoms with Gasteiger partial charge in [0.25, 0.3) is 0 Å². The highest BCUT2D eigenvalue weighted by molar-refractivity contribution is 7.89. The lowest BCUT2D eigenvalue weighted by Crippen LogP contribution is -2.35. The molecule has 1 heterocycles. The van der Waals surface area contributed by atoms with E-state index in [0.29, 0.717) is 11.5 Å². The summed E-state index contributed by atoms with van der Waals surface area (Å²) in [7, 11) is -0.677. The molecule has 8 heteroatoms. The number of morpholine rings is 1. The fraction of sp³-hybridized carbons (Fsp3) is 0.400. The van der Waals surface area contributed by atoms with Crippen LogP contribution in [0.15, 0.2) is 47.4 Å². The molecule has 7 nitrogen and oxygen atoms in total. The molecule has 2 aromatic carbocycles. The van der Waals surface area contributed by atoms with Crippen molar-refractivity contribution in [2.24, 2.45) is 0 Å². The number of nitrogens with one attached hydrogen (secondary N) is 1. The van der Waals surface area contributed by atoms with Crippen LogP contribution in [0.4, 0.5) is 0 Å². The lowest BCUT2D eigenvalue weighted by Gasteiger charge is -2.26. The molecule has 2 aromatic rings. The predicted molar refractivity (Wildman–Crippen MR) is 106 cm³/mol. The van der Waals surface area contributed by atoms with E-state index in [4.69, 9.17) is 14.2 Å². The Balaban J connectivity index is 1.61. The lowest BCUT2D eigenvalue weighted by atomic mass is 10.1. The van der Waals surface area contributed by atoms with E-state index < -0.39 is 10.0 Å². The Morgan fingerprint density at radius 3 is 2.25 bits per heavy atom. The van der Waals surface area contributed by atoms with E-state index in [0.717, 1.165) is 38.4 Å². The molecule has 1 N–H and O–H groups in total. The van der Waals surface area contributed by atoms with Crippen molar-refractivity contribution < 1.29 is 22.6 Å². The van der Waals surface area contributed by atoms with Gasteiger partial charge in [-0.2, -0.15) is 0 Å². The molecule has 0 aromatic heterocycles. The molecule has 0 aliphatic carbocycles. The van der Waals surface area contributed by atoms with Gasteiger partial charge in [0.15, 0.2) is 11.5 Å². The van der Waals surface area contributed by atoms with E-state index in [-0.39, 0.29) is 11.4 Å². The molecule has 0 bridgehead atoms. The van der Waals surface area contributed by atoms with Gasteiger partial charge in [-0.3, -0.25) is 4.90 Å². The molecule has 1 saturated heterocycles. The molecule has 0 saturated carbocycles. The van der Waals surface area contributed by atoms with Gasteiger partial charge in [0, 0.05) is 32.2 Å². The Morgan fingerprint density at radius 1 is 0.964 bits per heavy atom. The van der Waals surface area contributed by atoms with Crippen LogP contribution in [0, 0.1) is 0 Å². The van der Waals surface area contributed by atoms with Crippen molar-refractivity contribution in [2.45, 2.75) is 18.0 Å². The molecule has 0 unspecified atom stereocenters. The van der Waals surface area contributed by atoms with Crippen molar-refractivity contribution in [1.29, 1.82) is 0 Å². The van der Waals surface area contributed by atoms with Crippen LogP contribution in [0.1, 0.15) is 11.1 Å². The summed E-state index contributed by atoms with van der Waals surface area (Å²) in [5, 5.41) is 0. The number of ether oxygens (including phenoxy) is 3. The molecular formula is C20H26N2O5S. The molecule has 0 amide bonds. The molecule has 3 rings (SSSR count). The number of hydrogen-bond acceptors (Lipinski definition) is 6. The van der Waals surface area contributed by atoms with Crippen molar-refractivity contribution in [3.8, 4) is 11.5 Å². The number of benzene rings is 2. The van der Waals surface area contributed by atoms with Gasteiger partial charge in [-0.05, 0) is 23.3 Å². The number of hydrogen-bond donors (Lipinski definition) is 1. The lowest BCUT2D eigenvalue weighted by molar-refractivity contribution is 0.0342. The minimum absolute atomic E-state index is 0.133. The highest BCUT2D eigenvalue weighted by Gasteiger charge is 2.17. The standard InChI is InChI=1S/C20H26N2O5S/c1-25-19-8-7-18(13-20(19)26-2)28(23,24)21-14-16-3-5-17(6-4-16)15-22-9-11-27-12-10-22/h3-8,13,21H,9-12,14-15H2,1-2H3. The predicted octanol–water partition coefficient (Wildman–Crippen LogP) is 2.01. The van der Waals surface area contributed by atoms with Gasteiger partial charge in [-0.1, -0.05) is 24.3 Å². The topological polar surface area (TPSA) is 77.1 Å². The van der Waals surface area contributed by atoms with E-state index >= 15 is 0 Å². The van der Waals surface area contributed by atoms with Crippen LogP contribution < -0.4 is 14.2 Å². The summed E-state index contributed by atoms with van der Waals surface area (Å²) in [6.45, 7) is 4.52. The second kappa shape index (κ2) is 9.38. The first-order valence-electron chi connectivity index (χ1n) is 9.11. The average molecular weight is 407 g/mol. The molecule has 28 heavy (non-hydrogen) atoms. The zero-order chi connectivity index (χ0) is 20.0. The van der Waals surface area contributed by atoms with Gasteiger partial charge >= 0.3 is 0 Å².